The number of rotatable bonds is 7. The normalized spacial score (nSPS) is 8.73. The summed E-state index contributed by atoms with van der Waals surface area (Å²) in [6.45, 7) is -0.181. The molecule has 0 aliphatic carbocycles. The summed E-state index contributed by atoms with van der Waals surface area (Å²) in [7, 11) is 0. The first kappa shape index (κ1) is 44.7. The Morgan fingerprint density at radius 2 is 1.07 bits per heavy atom. The van der Waals surface area contributed by atoms with Gasteiger partial charge in [-0.25, -0.2) is 0 Å². The fourth-order valence-electron chi connectivity index (χ4n) is 2.76. The maximum Gasteiger partial charge on any atom is 1.00 e. The van der Waals surface area contributed by atoms with Crippen LogP contribution in [-0.2, 0) is 9.68 Å². The molecule has 4 aromatic rings. The number of nitro groups is 2. The predicted octanol–water partition coefficient (Wildman–Crippen LogP) is -2.70. The minimum absolute atomic E-state index is 0. The number of anilines is 3. The minimum Gasteiger partial charge on any atom is -1.00 e. The third-order valence-electron chi connectivity index (χ3n) is 4.77. The molecule has 7 N–H and O–H groups in total. The second kappa shape index (κ2) is 24.7. The van der Waals surface area contributed by atoms with Crippen molar-refractivity contribution in [1.29, 1.82) is 0 Å². The Balaban J connectivity index is -0.000000589. The van der Waals surface area contributed by atoms with Crippen molar-refractivity contribution in [2.45, 2.75) is 0 Å². The second-order valence-electron chi connectivity index (χ2n) is 7.74. The molecular weight excluding hydrogens is 836 g/mol. The third kappa shape index (κ3) is 17.7. The average Bonchev–Trinajstić information content (AvgIpc) is 3.00. The molecule has 0 aromatic heterocycles. The molecule has 0 bridgehead atoms. The van der Waals surface area contributed by atoms with Gasteiger partial charge in [-0.2, -0.15) is 0 Å². The number of ether oxygens (including phenoxy) is 1. The van der Waals surface area contributed by atoms with Crippen LogP contribution in [0.4, 0.5) is 28.4 Å². The number of phenols is 1. The van der Waals surface area contributed by atoms with E-state index in [-0.39, 0.29) is 174 Å². The number of carbonyl (C=O) groups is 3. The number of aldehydes is 2. The third-order valence-corrected chi connectivity index (χ3v) is 4.77. The molecule has 16 nitrogen and oxygen atoms in total. The van der Waals surface area contributed by atoms with Crippen LogP contribution in [0, 0.1) is 20.2 Å². The number of nitro benzene ring substituents is 2. The Kier molecular flexibility index (Phi) is 24.6. The number of hydrogen-bond acceptors (Lipinski definition) is 14. The number of nitrogens with zero attached hydrogens (tertiary/aromatic N) is 2. The van der Waals surface area contributed by atoms with Crippen molar-refractivity contribution < 1.29 is 183 Å². The first-order chi connectivity index (χ1) is 20.4. The van der Waals surface area contributed by atoms with Crippen LogP contribution in [0.3, 0.4) is 0 Å². The van der Waals surface area contributed by atoms with Gasteiger partial charge >= 0.3 is 138 Å². The number of nitrogen functional groups attached to an aromatic ring is 3. The van der Waals surface area contributed by atoms with Crippen LogP contribution in [0.5, 0.6) is 17.2 Å². The van der Waals surface area contributed by atoms with Crippen LogP contribution >= 0.6 is 0 Å². The Bertz CT molecular complexity index is 1550. The van der Waals surface area contributed by atoms with Gasteiger partial charge in [0.2, 0.25) is 0 Å². The van der Waals surface area contributed by atoms with E-state index < -0.39 is 9.85 Å². The van der Waals surface area contributed by atoms with Gasteiger partial charge in [0, 0.05) is 16.8 Å². The molecule has 226 valence electrons. The van der Waals surface area contributed by atoms with Gasteiger partial charge in [-0.3, -0.25) is 34.6 Å². The summed E-state index contributed by atoms with van der Waals surface area (Å²) in [5.74, 6) is 0.621. The molecule has 0 aliphatic heterocycles. The van der Waals surface area contributed by atoms with E-state index in [9.17, 15) is 29.8 Å². The molecule has 0 spiro atoms. The molecule has 4 rings (SSSR count). The van der Waals surface area contributed by atoms with E-state index in [2.05, 4.69) is 4.89 Å². The van der Waals surface area contributed by atoms with E-state index in [1.165, 1.54) is 30.3 Å². The van der Waals surface area contributed by atoms with Gasteiger partial charge in [0.15, 0.2) is 0 Å². The zero-order valence-corrected chi connectivity index (χ0v) is 36.5. The molecule has 0 saturated heterocycles. The SMILES string of the molecule is Nc1ccc(C=O)cc1.Nc1ccc(O)cc1[N+](=O)[O-].Nc1ccc(Oc2ccc(C=O)cc2)cc1[N+](=O)[O-].O=CO[O-].[Cs+].[Cs+].[H-]. The second-order valence-corrected chi connectivity index (χ2v) is 7.74. The summed E-state index contributed by atoms with van der Waals surface area (Å²) in [6, 6.07) is 20.9. The van der Waals surface area contributed by atoms with Crippen molar-refractivity contribution in [3.05, 3.63) is 116 Å². The maximum atomic E-state index is 10.7. The molecule has 0 heterocycles. The number of benzene rings is 4. The van der Waals surface area contributed by atoms with Gasteiger partial charge in [-0.1, -0.05) is 0 Å². The van der Waals surface area contributed by atoms with Gasteiger partial charge < -0.3 is 38.6 Å². The van der Waals surface area contributed by atoms with Gasteiger partial charge in [-0.15, -0.1) is 0 Å². The van der Waals surface area contributed by atoms with E-state index in [0.29, 0.717) is 28.3 Å². The van der Waals surface area contributed by atoms with E-state index in [0.717, 1.165) is 18.6 Å². The Labute approximate surface area is 374 Å². The molecule has 0 atom stereocenters. The fraction of sp³-hybridized carbons (Fsp3) is 0. The predicted molar refractivity (Wildman–Crippen MR) is 153 cm³/mol. The molecule has 0 aliphatic rings. The number of phenolic OH excluding ortho intramolecular Hbond substituents is 1. The summed E-state index contributed by atoms with van der Waals surface area (Å²) in [6.07, 6.45) is 1.51. The number of carbonyl (C=O) groups excluding carboxylic acids is 3. The first-order valence-corrected chi connectivity index (χ1v) is 11.5. The summed E-state index contributed by atoms with van der Waals surface area (Å²) >= 11 is 0. The summed E-state index contributed by atoms with van der Waals surface area (Å²) in [5.41, 5.74) is 17.6. The summed E-state index contributed by atoms with van der Waals surface area (Å²) < 4.78 is 5.45. The summed E-state index contributed by atoms with van der Waals surface area (Å²) in [4.78, 5) is 51.5. The van der Waals surface area contributed by atoms with Crippen LogP contribution in [0.2, 0.25) is 0 Å². The molecular formula is C27H25Cs2N5O11. The maximum absolute atomic E-state index is 10.7. The number of hydrogen-bond donors (Lipinski definition) is 4. The monoisotopic (exact) mass is 861 g/mol. The smallest absolute Gasteiger partial charge is 1.00 e. The molecule has 0 saturated carbocycles. The van der Waals surface area contributed by atoms with E-state index in [4.69, 9.17) is 37.1 Å². The van der Waals surface area contributed by atoms with Gasteiger partial charge in [0.05, 0.1) is 22.0 Å². The van der Waals surface area contributed by atoms with Crippen molar-refractivity contribution in [2.75, 3.05) is 17.2 Å². The topological polar surface area (TPSA) is 277 Å². The molecule has 0 amide bonds. The van der Waals surface area contributed by atoms with Crippen molar-refractivity contribution in [1.82, 2.24) is 0 Å². The first-order valence-electron chi connectivity index (χ1n) is 11.5. The molecule has 18 heteroatoms. The van der Waals surface area contributed by atoms with Crippen molar-refractivity contribution in [3.63, 3.8) is 0 Å². The number of aromatic hydroxyl groups is 1. The van der Waals surface area contributed by atoms with Crippen LogP contribution < -0.4 is 165 Å². The fourth-order valence-corrected chi connectivity index (χ4v) is 2.76. The largest absolute Gasteiger partial charge is 1.00 e. The Hall–Kier alpha value is -2.45. The molecule has 45 heavy (non-hydrogen) atoms. The van der Waals surface area contributed by atoms with Crippen LogP contribution in [-0.4, -0.2) is 34.0 Å². The van der Waals surface area contributed by atoms with E-state index in [1.807, 2.05) is 0 Å². The molecule has 0 unspecified atom stereocenters. The summed E-state index contributed by atoms with van der Waals surface area (Å²) in [5, 5.41) is 38.2. The van der Waals surface area contributed by atoms with Crippen molar-refractivity contribution in [3.8, 4) is 17.2 Å². The zero-order valence-electron chi connectivity index (χ0n) is 25.0. The van der Waals surface area contributed by atoms with Gasteiger partial charge in [0.1, 0.15) is 41.2 Å². The Morgan fingerprint density at radius 1 is 0.667 bits per heavy atom. The molecule has 0 fully saturated rings. The standard InChI is InChI=1S/C13H10N2O4.C7H7NO.C6H6N2O3.CH2O3.2Cs.H/c14-12-6-5-11(7-13(12)15(17)18)19-10-3-1-9(8-16)2-4-10;8-7-3-1-6(5-9)2-4-7;7-5-2-1-4(9)3-6(5)8(10)11;2-1-4-3;;;/h1-8H,14H2;1-5H,8H2;1-3,9H,7H2;1,3H;;;/q;;;;2*+1;-1/p-1. The number of nitrogens with two attached hydrogens (primary N) is 3. The van der Waals surface area contributed by atoms with E-state index >= 15 is 0 Å². The van der Waals surface area contributed by atoms with Crippen molar-refractivity contribution >= 4 is 47.5 Å². The van der Waals surface area contributed by atoms with E-state index in [1.54, 1.807) is 48.5 Å². The molecule has 0 radical (unpaired) electrons. The molecule has 4 aromatic carbocycles. The van der Waals surface area contributed by atoms with Crippen LogP contribution in [0.15, 0.2) is 84.9 Å². The Morgan fingerprint density at radius 3 is 1.47 bits per heavy atom. The van der Waals surface area contributed by atoms with Crippen LogP contribution in [0.1, 0.15) is 22.1 Å². The average molecular weight is 861 g/mol. The zero-order chi connectivity index (χ0) is 32.4. The van der Waals surface area contributed by atoms with Gasteiger partial charge in [0.25, 0.3) is 17.8 Å². The van der Waals surface area contributed by atoms with Crippen molar-refractivity contribution in [2.24, 2.45) is 0 Å². The minimum atomic E-state index is -0.644. The quantitative estimate of drug-likeness (QED) is 0.0368. The van der Waals surface area contributed by atoms with Crippen LogP contribution in [0.25, 0.3) is 0 Å². The van der Waals surface area contributed by atoms with Gasteiger partial charge in [-0.05, 0) is 72.8 Å².